The fourth-order valence-electron chi connectivity index (χ4n) is 1.50. The highest BCUT2D eigenvalue weighted by atomic mass is 32.1. The van der Waals surface area contributed by atoms with Gasteiger partial charge < -0.3 is 11.1 Å². The smallest absolute Gasteiger partial charge is 0.239 e. The number of nitrogens with one attached hydrogen (secondary N) is 1. The van der Waals surface area contributed by atoms with Crippen molar-refractivity contribution in [2.24, 2.45) is 5.73 Å². The summed E-state index contributed by atoms with van der Waals surface area (Å²) < 4.78 is 0. The van der Waals surface area contributed by atoms with Crippen molar-refractivity contribution in [3.05, 3.63) is 21.9 Å². The van der Waals surface area contributed by atoms with Crippen LogP contribution >= 0.6 is 11.3 Å². The highest BCUT2D eigenvalue weighted by molar-refractivity contribution is 7.10. The van der Waals surface area contributed by atoms with Gasteiger partial charge in [0.05, 0.1) is 0 Å². The zero-order valence-electron chi connectivity index (χ0n) is 6.54. The van der Waals surface area contributed by atoms with Crippen molar-refractivity contribution in [1.82, 2.24) is 5.32 Å². The summed E-state index contributed by atoms with van der Waals surface area (Å²) in [6, 6.07) is 1.71. The van der Waals surface area contributed by atoms with Crippen molar-refractivity contribution >= 4 is 17.2 Å². The standard InChI is InChI=1S/C8H10N2OS/c9-8(11)7-5-2-4-12-6(5)1-3-10-7/h2,4,7,10H,1,3H2,(H2,9,11)/t7-/m1/s1. The zero-order valence-corrected chi connectivity index (χ0v) is 7.36. The van der Waals surface area contributed by atoms with E-state index in [-0.39, 0.29) is 11.9 Å². The normalized spacial score (nSPS) is 21.8. The van der Waals surface area contributed by atoms with Crippen LogP contribution in [0.4, 0.5) is 0 Å². The molecule has 12 heavy (non-hydrogen) atoms. The van der Waals surface area contributed by atoms with E-state index in [0.29, 0.717) is 0 Å². The molecule has 64 valence electrons. The molecular formula is C8H10N2OS. The van der Waals surface area contributed by atoms with E-state index in [2.05, 4.69) is 5.32 Å². The Hall–Kier alpha value is -0.870. The van der Waals surface area contributed by atoms with Gasteiger partial charge in [0, 0.05) is 11.4 Å². The Morgan fingerprint density at radius 3 is 3.33 bits per heavy atom. The molecule has 0 aromatic carbocycles. The molecule has 1 aliphatic heterocycles. The summed E-state index contributed by atoms with van der Waals surface area (Å²) >= 11 is 1.70. The molecule has 0 saturated heterocycles. The minimum Gasteiger partial charge on any atom is -0.368 e. The second kappa shape index (κ2) is 2.88. The lowest BCUT2D eigenvalue weighted by Gasteiger charge is -2.20. The molecule has 1 aliphatic rings. The van der Waals surface area contributed by atoms with Crippen LogP contribution in [0.5, 0.6) is 0 Å². The van der Waals surface area contributed by atoms with Gasteiger partial charge in [-0.2, -0.15) is 0 Å². The molecule has 0 fully saturated rings. The Morgan fingerprint density at radius 2 is 2.58 bits per heavy atom. The molecule has 2 rings (SSSR count). The lowest BCUT2D eigenvalue weighted by molar-refractivity contribution is -0.120. The molecule has 3 nitrogen and oxygen atoms in total. The lowest BCUT2D eigenvalue weighted by atomic mass is 10.0. The molecule has 0 unspecified atom stereocenters. The summed E-state index contributed by atoms with van der Waals surface area (Å²) in [6.45, 7) is 0.848. The highest BCUT2D eigenvalue weighted by Crippen LogP contribution is 2.26. The first-order chi connectivity index (χ1) is 5.79. The Bertz CT molecular complexity index is 308. The van der Waals surface area contributed by atoms with Crippen LogP contribution in [0.15, 0.2) is 11.4 Å². The quantitative estimate of drug-likeness (QED) is 0.661. The van der Waals surface area contributed by atoms with Crippen LogP contribution in [0.1, 0.15) is 16.5 Å². The Morgan fingerprint density at radius 1 is 1.75 bits per heavy atom. The Labute approximate surface area is 74.6 Å². The number of hydrogen-bond donors (Lipinski definition) is 2. The third kappa shape index (κ3) is 1.13. The zero-order chi connectivity index (χ0) is 8.55. The molecule has 1 atom stereocenters. The van der Waals surface area contributed by atoms with Gasteiger partial charge >= 0.3 is 0 Å². The summed E-state index contributed by atoms with van der Waals surface area (Å²) in [6.07, 6.45) is 1.01. The molecule has 0 aliphatic carbocycles. The van der Waals surface area contributed by atoms with Crippen LogP contribution in [0.25, 0.3) is 0 Å². The SMILES string of the molecule is NC(=O)[C@@H]1NCCc2sccc21. The van der Waals surface area contributed by atoms with Crippen molar-refractivity contribution in [1.29, 1.82) is 0 Å². The third-order valence-corrected chi connectivity index (χ3v) is 3.07. The van der Waals surface area contributed by atoms with Crippen LogP contribution < -0.4 is 11.1 Å². The fourth-order valence-corrected chi connectivity index (χ4v) is 2.43. The highest BCUT2D eigenvalue weighted by Gasteiger charge is 2.24. The Kier molecular flexibility index (Phi) is 1.86. The maximum Gasteiger partial charge on any atom is 0.239 e. The third-order valence-electron chi connectivity index (χ3n) is 2.08. The van der Waals surface area contributed by atoms with E-state index in [0.717, 1.165) is 18.5 Å². The van der Waals surface area contributed by atoms with Crippen molar-refractivity contribution in [3.63, 3.8) is 0 Å². The lowest BCUT2D eigenvalue weighted by Crippen LogP contribution is -2.37. The van der Waals surface area contributed by atoms with Gasteiger partial charge in [0.2, 0.25) is 5.91 Å². The molecule has 1 aromatic rings. The molecule has 0 bridgehead atoms. The summed E-state index contributed by atoms with van der Waals surface area (Å²) in [7, 11) is 0. The van der Waals surface area contributed by atoms with E-state index in [1.54, 1.807) is 11.3 Å². The molecule has 1 aromatic heterocycles. The van der Waals surface area contributed by atoms with E-state index in [9.17, 15) is 4.79 Å². The van der Waals surface area contributed by atoms with Gasteiger partial charge in [-0.05, 0) is 23.4 Å². The molecular weight excluding hydrogens is 172 g/mol. The summed E-state index contributed by atoms with van der Waals surface area (Å²) in [4.78, 5) is 12.3. The number of rotatable bonds is 1. The van der Waals surface area contributed by atoms with Gasteiger partial charge in [-0.1, -0.05) is 0 Å². The molecule has 1 amide bonds. The first-order valence-electron chi connectivity index (χ1n) is 3.88. The largest absolute Gasteiger partial charge is 0.368 e. The van der Waals surface area contributed by atoms with Crippen molar-refractivity contribution < 1.29 is 4.79 Å². The molecule has 0 saturated carbocycles. The molecule has 4 heteroatoms. The summed E-state index contributed by atoms with van der Waals surface area (Å²) in [5, 5.41) is 5.10. The average molecular weight is 182 g/mol. The number of carbonyl (C=O) groups excluding carboxylic acids is 1. The van der Waals surface area contributed by atoms with Crippen LogP contribution in [0.3, 0.4) is 0 Å². The van der Waals surface area contributed by atoms with Gasteiger partial charge in [-0.3, -0.25) is 4.79 Å². The van der Waals surface area contributed by atoms with E-state index in [1.165, 1.54) is 4.88 Å². The minimum atomic E-state index is -0.283. The number of nitrogens with two attached hydrogens (primary N) is 1. The molecule has 0 spiro atoms. The number of hydrogen-bond acceptors (Lipinski definition) is 3. The van der Waals surface area contributed by atoms with E-state index < -0.39 is 0 Å². The first-order valence-corrected chi connectivity index (χ1v) is 4.76. The molecule has 2 heterocycles. The van der Waals surface area contributed by atoms with Crippen LogP contribution in [0.2, 0.25) is 0 Å². The van der Waals surface area contributed by atoms with Gasteiger partial charge in [0.15, 0.2) is 0 Å². The minimum absolute atomic E-state index is 0.264. The van der Waals surface area contributed by atoms with Gasteiger partial charge in [-0.15, -0.1) is 11.3 Å². The number of fused-ring (bicyclic) bond motifs is 1. The first kappa shape index (κ1) is 7.76. The van der Waals surface area contributed by atoms with Crippen molar-refractivity contribution in [3.8, 4) is 0 Å². The fraction of sp³-hybridized carbons (Fsp3) is 0.375. The van der Waals surface area contributed by atoms with Crippen LogP contribution in [-0.2, 0) is 11.2 Å². The number of carbonyl (C=O) groups is 1. The molecule has 3 N–H and O–H groups in total. The monoisotopic (exact) mass is 182 g/mol. The second-order valence-electron chi connectivity index (χ2n) is 2.84. The second-order valence-corrected chi connectivity index (χ2v) is 3.84. The number of primary amides is 1. The predicted octanol–water partition coefficient (Wildman–Crippen LogP) is 0.420. The average Bonchev–Trinajstić information content (AvgIpc) is 2.49. The number of amides is 1. The summed E-state index contributed by atoms with van der Waals surface area (Å²) in [5.74, 6) is -0.283. The van der Waals surface area contributed by atoms with Crippen molar-refractivity contribution in [2.75, 3.05) is 6.54 Å². The maximum absolute atomic E-state index is 11.0. The van der Waals surface area contributed by atoms with Gasteiger partial charge in [-0.25, -0.2) is 0 Å². The van der Waals surface area contributed by atoms with E-state index in [4.69, 9.17) is 5.73 Å². The van der Waals surface area contributed by atoms with Crippen LogP contribution in [0, 0.1) is 0 Å². The van der Waals surface area contributed by atoms with E-state index in [1.807, 2.05) is 11.4 Å². The topological polar surface area (TPSA) is 55.1 Å². The summed E-state index contributed by atoms with van der Waals surface area (Å²) in [5.41, 5.74) is 6.31. The maximum atomic E-state index is 11.0. The van der Waals surface area contributed by atoms with Gasteiger partial charge in [0.1, 0.15) is 6.04 Å². The van der Waals surface area contributed by atoms with Gasteiger partial charge in [0.25, 0.3) is 0 Å². The molecule has 0 radical (unpaired) electrons. The van der Waals surface area contributed by atoms with E-state index >= 15 is 0 Å². The predicted molar refractivity (Wildman–Crippen MR) is 48.0 cm³/mol. The van der Waals surface area contributed by atoms with Crippen molar-refractivity contribution in [2.45, 2.75) is 12.5 Å². The Balaban J connectivity index is 2.37. The number of thiophene rings is 1. The van der Waals surface area contributed by atoms with Crippen LogP contribution in [-0.4, -0.2) is 12.5 Å².